The van der Waals surface area contributed by atoms with Gasteiger partial charge in [-0.3, -0.25) is 10.1 Å². The lowest BCUT2D eigenvalue weighted by Gasteiger charge is -2.20. The molecule has 1 heterocycles. The molecule has 6 nitrogen and oxygen atoms in total. The van der Waals surface area contributed by atoms with E-state index in [-0.39, 0.29) is 5.69 Å². The van der Waals surface area contributed by atoms with E-state index in [1.165, 1.54) is 51.9 Å². The second kappa shape index (κ2) is 7.83. The fourth-order valence-corrected chi connectivity index (χ4v) is 2.66. The van der Waals surface area contributed by atoms with E-state index < -0.39 is 4.92 Å². The molecular weight excluding hydrogens is 270 g/mol. The molecule has 0 atom stereocenters. The summed E-state index contributed by atoms with van der Waals surface area (Å²) in [6.07, 6.45) is 5.24. The minimum atomic E-state index is -0.431. The normalized spacial score (nSPS) is 16.2. The Morgan fingerprint density at radius 2 is 2.00 bits per heavy atom. The van der Waals surface area contributed by atoms with E-state index in [1.54, 1.807) is 12.1 Å². The lowest BCUT2D eigenvalue weighted by atomic mass is 10.2. The van der Waals surface area contributed by atoms with Crippen LogP contribution in [0.1, 0.15) is 25.7 Å². The van der Waals surface area contributed by atoms with Crippen molar-refractivity contribution in [2.45, 2.75) is 25.7 Å². The number of methoxy groups -OCH3 is 1. The van der Waals surface area contributed by atoms with Gasteiger partial charge in [-0.15, -0.1) is 0 Å². The highest BCUT2D eigenvalue weighted by molar-refractivity contribution is 5.57. The summed E-state index contributed by atoms with van der Waals surface area (Å²) in [6, 6.07) is 4.89. The summed E-state index contributed by atoms with van der Waals surface area (Å²) in [7, 11) is 1.45. The Kier molecular flexibility index (Phi) is 5.80. The predicted octanol–water partition coefficient (Wildman–Crippen LogP) is 2.89. The molecular formula is C15H23N3O3. The van der Waals surface area contributed by atoms with E-state index in [4.69, 9.17) is 4.74 Å². The third kappa shape index (κ3) is 4.60. The number of ether oxygens (including phenoxy) is 1. The maximum absolute atomic E-state index is 10.8. The molecule has 0 amide bonds. The molecule has 1 N–H and O–H groups in total. The lowest BCUT2D eigenvalue weighted by molar-refractivity contribution is -0.385. The van der Waals surface area contributed by atoms with Crippen molar-refractivity contribution < 1.29 is 9.66 Å². The highest BCUT2D eigenvalue weighted by Gasteiger charge is 2.14. The van der Waals surface area contributed by atoms with Gasteiger partial charge >= 0.3 is 5.69 Å². The van der Waals surface area contributed by atoms with Crippen LogP contribution < -0.4 is 10.1 Å². The van der Waals surface area contributed by atoms with Crippen molar-refractivity contribution in [3.05, 3.63) is 28.3 Å². The van der Waals surface area contributed by atoms with E-state index in [2.05, 4.69) is 10.2 Å². The molecule has 0 spiro atoms. The van der Waals surface area contributed by atoms with Gasteiger partial charge in [-0.25, -0.2) is 0 Å². The van der Waals surface area contributed by atoms with Crippen molar-refractivity contribution >= 4 is 11.4 Å². The Hall–Kier alpha value is -1.82. The summed E-state index contributed by atoms with van der Waals surface area (Å²) in [5.41, 5.74) is 0.850. The number of likely N-dealkylation sites (tertiary alicyclic amines) is 1. The molecule has 6 heteroatoms. The number of benzene rings is 1. The third-order valence-corrected chi connectivity index (χ3v) is 3.83. The van der Waals surface area contributed by atoms with E-state index in [1.807, 2.05) is 0 Å². The number of anilines is 1. The molecule has 0 bridgehead atoms. The molecule has 1 saturated heterocycles. The number of nitrogens with one attached hydrogen (secondary N) is 1. The Morgan fingerprint density at radius 3 is 2.62 bits per heavy atom. The van der Waals surface area contributed by atoms with Crippen molar-refractivity contribution in [3.63, 3.8) is 0 Å². The van der Waals surface area contributed by atoms with E-state index in [0.29, 0.717) is 5.75 Å². The fraction of sp³-hybridized carbons (Fsp3) is 0.600. The van der Waals surface area contributed by atoms with Gasteiger partial charge in [0.25, 0.3) is 0 Å². The first kappa shape index (κ1) is 15.6. The summed E-state index contributed by atoms with van der Waals surface area (Å²) >= 11 is 0. The quantitative estimate of drug-likeness (QED) is 0.645. The van der Waals surface area contributed by atoms with E-state index in [0.717, 1.165) is 18.8 Å². The van der Waals surface area contributed by atoms with Crippen LogP contribution in [-0.4, -0.2) is 43.1 Å². The minimum absolute atomic E-state index is 0.00410. The summed E-state index contributed by atoms with van der Waals surface area (Å²) < 4.78 is 5.07. The molecule has 0 aliphatic carbocycles. The van der Waals surface area contributed by atoms with E-state index in [9.17, 15) is 10.1 Å². The van der Waals surface area contributed by atoms with Gasteiger partial charge < -0.3 is 15.0 Å². The van der Waals surface area contributed by atoms with Crippen LogP contribution in [-0.2, 0) is 0 Å². The predicted molar refractivity (Wildman–Crippen MR) is 83.0 cm³/mol. The van der Waals surface area contributed by atoms with Gasteiger partial charge in [-0.05, 0) is 32.0 Å². The third-order valence-electron chi connectivity index (χ3n) is 3.83. The minimum Gasteiger partial charge on any atom is -0.490 e. The Balaban J connectivity index is 1.86. The number of nitrogens with zero attached hydrogens (tertiary/aromatic N) is 2. The molecule has 0 saturated carbocycles. The fourth-order valence-electron chi connectivity index (χ4n) is 2.66. The molecule has 1 aliphatic heterocycles. The van der Waals surface area contributed by atoms with Gasteiger partial charge in [0, 0.05) is 30.9 Å². The van der Waals surface area contributed by atoms with Gasteiger partial charge in [0.1, 0.15) is 0 Å². The smallest absolute Gasteiger partial charge is 0.311 e. The first-order valence-electron chi connectivity index (χ1n) is 7.49. The van der Waals surface area contributed by atoms with Crippen LogP contribution in [0.5, 0.6) is 5.75 Å². The van der Waals surface area contributed by atoms with Crippen LogP contribution in [0, 0.1) is 10.1 Å². The SMILES string of the molecule is COc1cc(NCCN2CCCCCC2)ccc1[N+](=O)[O-]. The van der Waals surface area contributed by atoms with Crippen LogP contribution in [0.4, 0.5) is 11.4 Å². The summed E-state index contributed by atoms with van der Waals surface area (Å²) in [5.74, 6) is 0.291. The first-order valence-corrected chi connectivity index (χ1v) is 7.49. The summed E-state index contributed by atoms with van der Waals surface area (Å²) in [6.45, 7) is 4.18. The molecule has 2 rings (SSSR count). The largest absolute Gasteiger partial charge is 0.490 e. The zero-order valence-corrected chi connectivity index (χ0v) is 12.5. The molecule has 0 aromatic heterocycles. The summed E-state index contributed by atoms with van der Waals surface area (Å²) in [4.78, 5) is 12.9. The van der Waals surface area contributed by atoms with Crippen LogP contribution in [0.3, 0.4) is 0 Å². The molecule has 116 valence electrons. The highest BCUT2D eigenvalue weighted by atomic mass is 16.6. The van der Waals surface area contributed by atoms with Crippen LogP contribution in [0.2, 0.25) is 0 Å². The van der Waals surface area contributed by atoms with Crippen molar-refractivity contribution in [1.29, 1.82) is 0 Å². The van der Waals surface area contributed by atoms with Gasteiger partial charge in [-0.2, -0.15) is 0 Å². The zero-order valence-electron chi connectivity index (χ0n) is 12.5. The molecule has 21 heavy (non-hydrogen) atoms. The van der Waals surface area contributed by atoms with Crippen molar-refractivity contribution in [2.24, 2.45) is 0 Å². The first-order chi connectivity index (χ1) is 10.2. The number of hydrogen-bond acceptors (Lipinski definition) is 5. The average Bonchev–Trinajstić information content (AvgIpc) is 2.75. The number of nitro benzene ring substituents is 1. The number of hydrogen-bond donors (Lipinski definition) is 1. The van der Waals surface area contributed by atoms with Crippen LogP contribution >= 0.6 is 0 Å². The molecule has 0 radical (unpaired) electrons. The van der Waals surface area contributed by atoms with Gasteiger partial charge in [0.05, 0.1) is 12.0 Å². The standard InChI is InChI=1S/C15H23N3O3/c1-21-15-12-13(6-7-14(15)18(19)20)16-8-11-17-9-4-2-3-5-10-17/h6-7,12,16H,2-5,8-11H2,1H3. The molecule has 1 fully saturated rings. The Morgan fingerprint density at radius 1 is 1.29 bits per heavy atom. The lowest BCUT2D eigenvalue weighted by Crippen LogP contribution is -2.29. The van der Waals surface area contributed by atoms with Gasteiger partial charge in [0.15, 0.2) is 5.75 Å². The number of nitro groups is 1. The molecule has 0 unspecified atom stereocenters. The zero-order chi connectivity index (χ0) is 15.1. The molecule has 1 aliphatic rings. The Labute approximate surface area is 125 Å². The van der Waals surface area contributed by atoms with Crippen molar-refractivity contribution in [1.82, 2.24) is 4.90 Å². The highest BCUT2D eigenvalue weighted by Crippen LogP contribution is 2.29. The second-order valence-electron chi connectivity index (χ2n) is 5.33. The average molecular weight is 293 g/mol. The van der Waals surface area contributed by atoms with Crippen LogP contribution in [0.15, 0.2) is 18.2 Å². The number of rotatable bonds is 6. The van der Waals surface area contributed by atoms with Crippen molar-refractivity contribution in [3.8, 4) is 5.75 Å². The van der Waals surface area contributed by atoms with E-state index >= 15 is 0 Å². The molecule has 1 aromatic carbocycles. The van der Waals surface area contributed by atoms with Crippen LogP contribution in [0.25, 0.3) is 0 Å². The maximum atomic E-state index is 10.8. The second-order valence-corrected chi connectivity index (χ2v) is 5.33. The van der Waals surface area contributed by atoms with Gasteiger partial charge in [0.2, 0.25) is 0 Å². The summed E-state index contributed by atoms with van der Waals surface area (Å²) in [5, 5.41) is 14.2. The Bertz CT molecular complexity index is 471. The molecule has 1 aromatic rings. The maximum Gasteiger partial charge on any atom is 0.311 e. The topological polar surface area (TPSA) is 67.6 Å². The van der Waals surface area contributed by atoms with Crippen molar-refractivity contribution in [2.75, 3.05) is 38.6 Å². The monoisotopic (exact) mass is 293 g/mol. The van der Waals surface area contributed by atoms with Gasteiger partial charge in [-0.1, -0.05) is 12.8 Å².